The zero-order valence-electron chi connectivity index (χ0n) is 7.01. The van der Waals surface area contributed by atoms with Crippen molar-refractivity contribution < 1.29 is 4.74 Å². The van der Waals surface area contributed by atoms with E-state index in [4.69, 9.17) is 16.3 Å². The molecule has 0 saturated carbocycles. The minimum absolute atomic E-state index is 0.650. The Morgan fingerprint density at radius 2 is 2.25 bits per heavy atom. The second-order valence-electron chi connectivity index (χ2n) is 2.36. The first-order chi connectivity index (χ1) is 5.76. The highest BCUT2D eigenvalue weighted by molar-refractivity contribution is 6.30. The van der Waals surface area contributed by atoms with Crippen LogP contribution < -0.4 is 4.74 Å². The van der Waals surface area contributed by atoms with E-state index in [2.05, 4.69) is 6.58 Å². The number of rotatable bonds is 3. The molecule has 12 heavy (non-hydrogen) atoms. The second-order valence-corrected chi connectivity index (χ2v) is 2.79. The molecule has 0 spiro atoms. The van der Waals surface area contributed by atoms with Gasteiger partial charge in [-0.1, -0.05) is 24.3 Å². The molecule has 0 aliphatic heterocycles. The second kappa shape index (κ2) is 4.17. The van der Waals surface area contributed by atoms with Crippen LogP contribution in [0.2, 0.25) is 5.02 Å². The van der Waals surface area contributed by atoms with Crippen molar-refractivity contribution in [2.45, 2.75) is 6.92 Å². The van der Waals surface area contributed by atoms with Gasteiger partial charge in [0.1, 0.15) is 5.75 Å². The lowest BCUT2D eigenvalue weighted by Crippen LogP contribution is -1.91. The summed E-state index contributed by atoms with van der Waals surface area (Å²) in [6.07, 6.45) is 1.74. The lowest BCUT2D eigenvalue weighted by atomic mass is 10.2. The predicted molar refractivity (Wildman–Crippen MR) is 52.7 cm³/mol. The summed E-state index contributed by atoms with van der Waals surface area (Å²) in [5.41, 5.74) is 0.978. The topological polar surface area (TPSA) is 9.23 Å². The maximum absolute atomic E-state index is 5.84. The van der Waals surface area contributed by atoms with Gasteiger partial charge in [0.2, 0.25) is 0 Å². The molecule has 0 saturated heterocycles. The third kappa shape index (κ3) is 2.28. The van der Waals surface area contributed by atoms with E-state index in [0.717, 1.165) is 11.3 Å². The van der Waals surface area contributed by atoms with Gasteiger partial charge in [0.05, 0.1) is 6.61 Å². The molecule has 0 amide bonds. The van der Waals surface area contributed by atoms with E-state index in [1.165, 1.54) is 0 Å². The Balaban J connectivity index is 2.97. The van der Waals surface area contributed by atoms with Crippen molar-refractivity contribution in [1.29, 1.82) is 0 Å². The van der Waals surface area contributed by atoms with Crippen LogP contribution in [0, 0.1) is 0 Å². The van der Waals surface area contributed by atoms with Crippen molar-refractivity contribution in [1.82, 2.24) is 0 Å². The first kappa shape index (κ1) is 9.14. The largest absolute Gasteiger partial charge is 0.494 e. The fourth-order valence-corrected chi connectivity index (χ4v) is 1.19. The van der Waals surface area contributed by atoms with Crippen molar-refractivity contribution in [3.63, 3.8) is 0 Å². The van der Waals surface area contributed by atoms with E-state index in [9.17, 15) is 0 Å². The van der Waals surface area contributed by atoms with Crippen molar-refractivity contribution in [2.24, 2.45) is 0 Å². The lowest BCUT2D eigenvalue weighted by molar-refractivity contribution is 0.340. The molecule has 2 heteroatoms. The van der Waals surface area contributed by atoms with Crippen LogP contribution in [0.5, 0.6) is 5.75 Å². The molecule has 0 aliphatic carbocycles. The Bertz CT molecular complexity index is 281. The zero-order valence-corrected chi connectivity index (χ0v) is 7.77. The van der Waals surface area contributed by atoms with E-state index in [-0.39, 0.29) is 0 Å². The SMILES string of the molecule is C=Cc1cc(Cl)cc(OCC)c1. The normalized spacial score (nSPS) is 9.50. The van der Waals surface area contributed by atoms with Gasteiger partial charge in [-0.25, -0.2) is 0 Å². The van der Waals surface area contributed by atoms with Crippen molar-refractivity contribution in [3.05, 3.63) is 35.4 Å². The number of ether oxygens (including phenoxy) is 1. The molecule has 0 heterocycles. The fraction of sp³-hybridized carbons (Fsp3) is 0.200. The summed E-state index contributed by atoms with van der Waals surface area (Å²) < 4.78 is 5.30. The average molecular weight is 183 g/mol. The van der Waals surface area contributed by atoms with Crippen LogP contribution in [0.15, 0.2) is 24.8 Å². The van der Waals surface area contributed by atoms with Crippen LogP contribution in [0.4, 0.5) is 0 Å². The Hall–Kier alpha value is -0.950. The standard InChI is InChI=1S/C10H11ClO/c1-3-8-5-9(11)7-10(6-8)12-4-2/h3,5-7H,1,4H2,2H3. The van der Waals surface area contributed by atoms with Gasteiger partial charge in [-0.3, -0.25) is 0 Å². The predicted octanol–water partition coefficient (Wildman–Crippen LogP) is 3.38. The number of benzene rings is 1. The van der Waals surface area contributed by atoms with E-state index in [1.54, 1.807) is 12.1 Å². The quantitative estimate of drug-likeness (QED) is 0.697. The number of halogens is 1. The van der Waals surface area contributed by atoms with Gasteiger partial charge in [-0.15, -0.1) is 0 Å². The molecular formula is C10H11ClO. The average Bonchev–Trinajstić information content (AvgIpc) is 2.04. The zero-order chi connectivity index (χ0) is 8.97. The highest BCUT2D eigenvalue weighted by Gasteiger charge is 1.96. The van der Waals surface area contributed by atoms with Crippen molar-refractivity contribution in [3.8, 4) is 5.75 Å². The molecule has 64 valence electrons. The van der Waals surface area contributed by atoms with Crippen LogP contribution in [0.3, 0.4) is 0 Å². The Labute approximate surface area is 77.6 Å². The van der Waals surface area contributed by atoms with Gasteiger partial charge in [0.15, 0.2) is 0 Å². The van der Waals surface area contributed by atoms with E-state index in [0.29, 0.717) is 11.6 Å². The smallest absolute Gasteiger partial charge is 0.121 e. The molecular weight excluding hydrogens is 172 g/mol. The molecule has 1 nitrogen and oxygen atoms in total. The monoisotopic (exact) mass is 182 g/mol. The summed E-state index contributed by atoms with van der Waals surface area (Å²) in [5.74, 6) is 0.792. The maximum Gasteiger partial charge on any atom is 0.121 e. The Morgan fingerprint density at radius 1 is 1.50 bits per heavy atom. The van der Waals surface area contributed by atoms with Gasteiger partial charge in [0, 0.05) is 5.02 Å². The van der Waals surface area contributed by atoms with Gasteiger partial charge >= 0.3 is 0 Å². The number of hydrogen-bond donors (Lipinski definition) is 0. The summed E-state index contributed by atoms with van der Waals surface area (Å²) >= 11 is 5.84. The molecule has 0 unspecified atom stereocenters. The molecule has 0 atom stereocenters. The van der Waals surface area contributed by atoms with Gasteiger partial charge in [-0.2, -0.15) is 0 Å². The molecule has 0 bridgehead atoms. The van der Waals surface area contributed by atoms with E-state index in [1.807, 2.05) is 19.1 Å². The molecule has 0 aromatic heterocycles. The van der Waals surface area contributed by atoms with Crippen molar-refractivity contribution in [2.75, 3.05) is 6.61 Å². The number of hydrogen-bond acceptors (Lipinski definition) is 1. The third-order valence-electron chi connectivity index (χ3n) is 1.44. The first-order valence-corrected chi connectivity index (χ1v) is 4.20. The summed E-state index contributed by atoms with van der Waals surface area (Å²) in [4.78, 5) is 0. The molecule has 1 rings (SSSR count). The van der Waals surface area contributed by atoms with Crippen molar-refractivity contribution >= 4 is 17.7 Å². The molecule has 0 fully saturated rings. The summed E-state index contributed by atoms with van der Waals surface area (Å²) in [7, 11) is 0. The van der Waals surface area contributed by atoms with Crippen LogP contribution in [-0.2, 0) is 0 Å². The third-order valence-corrected chi connectivity index (χ3v) is 1.66. The van der Waals surface area contributed by atoms with Gasteiger partial charge in [0.25, 0.3) is 0 Å². The van der Waals surface area contributed by atoms with Gasteiger partial charge < -0.3 is 4.74 Å². The first-order valence-electron chi connectivity index (χ1n) is 3.82. The molecule has 0 N–H and O–H groups in total. The molecule has 1 aromatic rings. The Kier molecular flexibility index (Phi) is 3.18. The fourth-order valence-electron chi connectivity index (χ4n) is 0.952. The molecule has 1 aromatic carbocycles. The Morgan fingerprint density at radius 3 is 2.83 bits per heavy atom. The van der Waals surface area contributed by atoms with Gasteiger partial charge in [-0.05, 0) is 30.7 Å². The van der Waals surface area contributed by atoms with Crippen LogP contribution in [0.1, 0.15) is 12.5 Å². The highest BCUT2D eigenvalue weighted by atomic mass is 35.5. The lowest BCUT2D eigenvalue weighted by Gasteiger charge is -2.04. The van der Waals surface area contributed by atoms with E-state index < -0.39 is 0 Å². The minimum Gasteiger partial charge on any atom is -0.494 e. The molecule has 0 radical (unpaired) electrons. The molecule has 0 aliphatic rings. The van der Waals surface area contributed by atoms with E-state index >= 15 is 0 Å². The summed E-state index contributed by atoms with van der Waals surface area (Å²) in [5, 5.41) is 0.677. The summed E-state index contributed by atoms with van der Waals surface area (Å²) in [6.45, 7) is 6.25. The van der Waals surface area contributed by atoms with Crippen LogP contribution in [0.25, 0.3) is 6.08 Å². The van der Waals surface area contributed by atoms with Crippen LogP contribution in [-0.4, -0.2) is 6.61 Å². The minimum atomic E-state index is 0.650. The highest BCUT2D eigenvalue weighted by Crippen LogP contribution is 2.21. The van der Waals surface area contributed by atoms with Crippen LogP contribution >= 0.6 is 11.6 Å². The summed E-state index contributed by atoms with van der Waals surface area (Å²) in [6, 6.07) is 5.54. The maximum atomic E-state index is 5.84.